The van der Waals surface area contributed by atoms with Gasteiger partial charge >= 0.3 is 0 Å². The van der Waals surface area contributed by atoms with Crippen LogP contribution >= 0.6 is 12.4 Å². The van der Waals surface area contributed by atoms with Crippen LogP contribution in [0.25, 0.3) is 10.9 Å². The Morgan fingerprint density at radius 3 is 2.81 bits per heavy atom. The predicted molar refractivity (Wildman–Crippen MR) is 86.3 cm³/mol. The monoisotopic (exact) mass is 304 g/mol. The largest absolute Gasteiger partial charge is 0.497 e. The molecule has 110 valence electrons. The number of rotatable bonds is 4. The van der Waals surface area contributed by atoms with Crippen molar-refractivity contribution in [3.8, 4) is 5.75 Å². The van der Waals surface area contributed by atoms with Crippen LogP contribution in [0.1, 0.15) is 11.5 Å². The summed E-state index contributed by atoms with van der Waals surface area (Å²) < 4.78 is 10.6. The first-order valence-corrected chi connectivity index (χ1v) is 6.48. The zero-order valence-corrected chi connectivity index (χ0v) is 12.7. The number of aromatic nitrogens is 1. The van der Waals surface area contributed by atoms with E-state index in [4.69, 9.17) is 9.15 Å². The maximum Gasteiger partial charge on any atom is 0.122 e. The van der Waals surface area contributed by atoms with E-state index in [1.165, 1.54) is 0 Å². The van der Waals surface area contributed by atoms with Crippen molar-refractivity contribution in [3.05, 3.63) is 54.1 Å². The number of pyridine rings is 1. The molecule has 0 aliphatic heterocycles. The molecule has 0 aliphatic rings. The van der Waals surface area contributed by atoms with Crippen molar-refractivity contribution in [1.29, 1.82) is 0 Å². The zero-order valence-electron chi connectivity index (χ0n) is 11.9. The molecule has 0 radical (unpaired) electrons. The van der Waals surface area contributed by atoms with Gasteiger partial charge < -0.3 is 14.5 Å². The zero-order chi connectivity index (χ0) is 13.9. The van der Waals surface area contributed by atoms with Crippen molar-refractivity contribution < 1.29 is 9.15 Å². The molecule has 3 rings (SSSR count). The third-order valence-electron chi connectivity index (χ3n) is 3.18. The summed E-state index contributed by atoms with van der Waals surface area (Å²) in [5, 5.41) is 4.47. The van der Waals surface area contributed by atoms with Crippen molar-refractivity contribution in [3.63, 3.8) is 0 Å². The Morgan fingerprint density at radius 2 is 2.10 bits per heavy atom. The number of halogens is 1. The Kier molecular flexibility index (Phi) is 4.70. The van der Waals surface area contributed by atoms with Crippen LogP contribution in [-0.2, 0) is 6.54 Å². The second-order valence-corrected chi connectivity index (χ2v) is 4.63. The van der Waals surface area contributed by atoms with E-state index in [0.29, 0.717) is 6.54 Å². The van der Waals surface area contributed by atoms with Gasteiger partial charge in [-0.2, -0.15) is 0 Å². The van der Waals surface area contributed by atoms with Gasteiger partial charge in [-0.1, -0.05) is 0 Å². The highest BCUT2D eigenvalue weighted by molar-refractivity contribution is 5.92. The molecule has 0 spiro atoms. The van der Waals surface area contributed by atoms with Crippen LogP contribution < -0.4 is 10.1 Å². The summed E-state index contributed by atoms with van der Waals surface area (Å²) in [5.41, 5.74) is 2.94. The average molecular weight is 305 g/mol. The summed E-state index contributed by atoms with van der Waals surface area (Å²) >= 11 is 0. The maximum atomic E-state index is 5.34. The quantitative estimate of drug-likeness (QED) is 0.785. The Bertz CT molecular complexity index is 726. The lowest BCUT2D eigenvalue weighted by Gasteiger charge is -2.10. The summed E-state index contributed by atoms with van der Waals surface area (Å²) in [6.45, 7) is 2.63. The Balaban J connectivity index is 0.00000161. The predicted octanol–water partition coefficient (Wildman–Crippen LogP) is 4.18. The smallest absolute Gasteiger partial charge is 0.122 e. The molecule has 2 heterocycles. The van der Waals surface area contributed by atoms with Gasteiger partial charge in [-0.15, -0.1) is 12.4 Å². The van der Waals surface area contributed by atoms with Gasteiger partial charge in [-0.05, 0) is 37.3 Å². The molecule has 0 amide bonds. The van der Waals surface area contributed by atoms with Crippen molar-refractivity contribution in [2.45, 2.75) is 13.5 Å². The molecule has 5 heteroatoms. The van der Waals surface area contributed by atoms with E-state index in [1.807, 2.05) is 43.3 Å². The third-order valence-corrected chi connectivity index (χ3v) is 3.18. The van der Waals surface area contributed by atoms with Gasteiger partial charge in [0.05, 0.1) is 25.4 Å². The molecule has 0 atom stereocenters. The topological polar surface area (TPSA) is 47.3 Å². The summed E-state index contributed by atoms with van der Waals surface area (Å²) in [4.78, 5) is 4.55. The number of ether oxygens (including phenoxy) is 1. The Morgan fingerprint density at radius 1 is 1.24 bits per heavy atom. The Hall–Kier alpha value is -2.20. The fourth-order valence-corrected chi connectivity index (χ4v) is 2.21. The normalized spacial score (nSPS) is 10.2. The molecule has 0 saturated carbocycles. The molecule has 0 saturated heterocycles. The summed E-state index contributed by atoms with van der Waals surface area (Å²) in [6.07, 6.45) is 1.68. The van der Waals surface area contributed by atoms with E-state index in [0.717, 1.165) is 33.8 Å². The number of furan rings is 1. The number of nitrogens with zero attached hydrogens (tertiary/aromatic N) is 1. The molecule has 0 fully saturated rings. The highest BCUT2D eigenvalue weighted by Crippen LogP contribution is 2.27. The van der Waals surface area contributed by atoms with Crippen LogP contribution in [0.4, 0.5) is 5.69 Å². The molecular weight excluding hydrogens is 288 g/mol. The molecular formula is C16H17ClN2O2. The SMILES string of the molecule is COc1ccc2c(NCc3ccco3)cc(C)nc2c1.Cl. The number of aryl methyl sites for hydroxylation is 1. The van der Waals surface area contributed by atoms with Crippen molar-refractivity contribution in [2.24, 2.45) is 0 Å². The van der Waals surface area contributed by atoms with E-state index in [2.05, 4.69) is 10.3 Å². The second kappa shape index (κ2) is 6.50. The molecule has 2 aromatic heterocycles. The fourth-order valence-electron chi connectivity index (χ4n) is 2.21. The number of anilines is 1. The molecule has 4 nitrogen and oxygen atoms in total. The number of fused-ring (bicyclic) bond motifs is 1. The number of hydrogen-bond acceptors (Lipinski definition) is 4. The second-order valence-electron chi connectivity index (χ2n) is 4.63. The van der Waals surface area contributed by atoms with Crippen molar-refractivity contribution in [1.82, 2.24) is 4.98 Å². The highest BCUT2D eigenvalue weighted by atomic mass is 35.5. The molecule has 1 aromatic carbocycles. The van der Waals surface area contributed by atoms with Gasteiger partial charge in [-0.25, -0.2) is 0 Å². The Labute approximate surface area is 129 Å². The first-order chi connectivity index (χ1) is 9.76. The van der Waals surface area contributed by atoms with Gasteiger partial charge in [0.25, 0.3) is 0 Å². The van der Waals surface area contributed by atoms with E-state index >= 15 is 0 Å². The lowest BCUT2D eigenvalue weighted by Crippen LogP contribution is -2.00. The highest BCUT2D eigenvalue weighted by Gasteiger charge is 2.06. The summed E-state index contributed by atoms with van der Waals surface area (Å²) in [7, 11) is 1.66. The maximum absolute atomic E-state index is 5.34. The number of methoxy groups -OCH3 is 1. The molecule has 3 aromatic rings. The number of benzene rings is 1. The average Bonchev–Trinajstić information content (AvgIpc) is 2.97. The summed E-state index contributed by atoms with van der Waals surface area (Å²) in [6, 6.07) is 11.8. The third kappa shape index (κ3) is 3.28. The van der Waals surface area contributed by atoms with Crippen LogP contribution in [0.5, 0.6) is 5.75 Å². The van der Waals surface area contributed by atoms with Crippen LogP contribution in [0.2, 0.25) is 0 Å². The van der Waals surface area contributed by atoms with E-state index in [-0.39, 0.29) is 12.4 Å². The minimum atomic E-state index is 0. The standard InChI is InChI=1S/C16H16N2O2.ClH/c1-11-8-15(17-10-13-4-3-7-20-13)14-6-5-12(19-2)9-16(14)18-11;/h3-9H,10H2,1-2H3,(H,17,18);1H. The van der Waals surface area contributed by atoms with Gasteiger partial charge in [0.1, 0.15) is 11.5 Å². The van der Waals surface area contributed by atoms with Gasteiger partial charge in [-0.3, -0.25) is 4.98 Å². The molecule has 1 N–H and O–H groups in total. The van der Waals surface area contributed by atoms with Gasteiger partial charge in [0, 0.05) is 22.8 Å². The van der Waals surface area contributed by atoms with Crippen LogP contribution in [0.15, 0.2) is 47.1 Å². The molecule has 21 heavy (non-hydrogen) atoms. The first-order valence-electron chi connectivity index (χ1n) is 6.48. The fraction of sp³-hybridized carbons (Fsp3) is 0.188. The number of hydrogen-bond donors (Lipinski definition) is 1. The van der Waals surface area contributed by atoms with Crippen LogP contribution in [-0.4, -0.2) is 12.1 Å². The number of nitrogens with one attached hydrogen (secondary N) is 1. The van der Waals surface area contributed by atoms with Crippen LogP contribution in [0.3, 0.4) is 0 Å². The van der Waals surface area contributed by atoms with E-state index in [1.54, 1.807) is 13.4 Å². The lowest BCUT2D eigenvalue weighted by molar-refractivity contribution is 0.415. The van der Waals surface area contributed by atoms with E-state index in [9.17, 15) is 0 Å². The first kappa shape index (κ1) is 15.2. The van der Waals surface area contributed by atoms with Gasteiger partial charge in [0.2, 0.25) is 0 Å². The minimum absolute atomic E-state index is 0. The minimum Gasteiger partial charge on any atom is -0.497 e. The van der Waals surface area contributed by atoms with Crippen LogP contribution in [0, 0.1) is 6.92 Å². The van der Waals surface area contributed by atoms with Crippen molar-refractivity contribution >= 4 is 29.0 Å². The molecule has 0 bridgehead atoms. The summed E-state index contributed by atoms with van der Waals surface area (Å²) in [5.74, 6) is 1.72. The van der Waals surface area contributed by atoms with Gasteiger partial charge in [0.15, 0.2) is 0 Å². The van der Waals surface area contributed by atoms with E-state index < -0.39 is 0 Å². The molecule has 0 unspecified atom stereocenters. The molecule has 0 aliphatic carbocycles. The van der Waals surface area contributed by atoms with Crippen molar-refractivity contribution in [2.75, 3.05) is 12.4 Å². The lowest BCUT2D eigenvalue weighted by atomic mass is 10.1.